The number of rotatable bonds is 8. The maximum atomic E-state index is 5.34. The molecule has 1 heteroatoms. The van der Waals surface area contributed by atoms with Crippen molar-refractivity contribution >= 4 is 0 Å². The van der Waals surface area contributed by atoms with Gasteiger partial charge in [-0.3, -0.25) is 0 Å². The van der Waals surface area contributed by atoms with E-state index in [1.165, 1.54) is 44.1 Å². The highest BCUT2D eigenvalue weighted by Crippen LogP contribution is 2.20. The molecular formula is C15H24O. The van der Waals surface area contributed by atoms with Crippen molar-refractivity contribution in [3.8, 4) is 5.75 Å². The molecular weight excluding hydrogens is 196 g/mol. The van der Waals surface area contributed by atoms with Crippen molar-refractivity contribution < 1.29 is 4.74 Å². The van der Waals surface area contributed by atoms with Crippen molar-refractivity contribution in [2.45, 2.75) is 51.9 Å². The van der Waals surface area contributed by atoms with E-state index in [9.17, 15) is 0 Å². The van der Waals surface area contributed by atoms with E-state index in [0.29, 0.717) is 0 Å². The summed E-state index contributed by atoms with van der Waals surface area (Å²) in [5.74, 6) is 1.04. The third-order valence-electron chi connectivity index (χ3n) is 2.99. The number of aryl methyl sites for hydroxylation is 1. The van der Waals surface area contributed by atoms with Gasteiger partial charge in [0.2, 0.25) is 0 Å². The standard InChI is InChI=1S/C15H24O/c1-3-4-5-6-7-8-11-14-12-9-10-13-15(14)16-2/h9-10,12-13H,3-8,11H2,1-2H3. The van der Waals surface area contributed by atoms with E-state index in [-0.39, 0.29) is 0 Å². The summed E-state index contributed by atoms with van der Waals surface area (Å²) in [6, 6.07) is 8.34. The number of hydrogen-bond donors (Lipinski definition) is 0. The van der Waals surface area contributed by atoms with Crippen LogP contribution in [-0.4, -0.2) is 7.11 Å². The van der Waals surface area contributed by atoms with Crippen LogP contribution in [0.5, 0.6) is 5.75 Å². The Balaban J connectivity index is 2.21. The summed E-state index contributed by atoms with van der Waals surface area (Å²) in [6.45, 7) is 2.26. The van der Waals surface area contributed by atoms with E-state index in [4.69, 9.17) is 4.74 Å². The van der Waals surface area contributed by atoms with Gasteiger partial charge < -0.3 is 4.74 Å². The van der Waals surface area contributed by atoms with E-state index < -0.39 is 0 Å². The molecule has 0 heterocycles. The Hall–Kier alpha value is -0.980. The number of benzene rings is 1. The third kappa shape index (κ3) is 4.69. The fourth-order valence-corrected chi connectivity index (χ4v) is 2.01. The minimum absolute atomic E-state index is 1.04. The smallest absolute Gasteiger partial charge is 0.122 e. The minimum Gasteiger partial charge on any atom is -0.496 e. The van der Waals surface area contributed by atoms with E-state index in [0.717, 1.165) is 12.2 Å². The molecule has 0 aromatic heterocycles. The van der Waals surface area contributed by atoms with E-state index in [1.807, 2.05) is 12.1 Å². The van der Waals surface area contributed by atoms with Crippen LogP contribution >= 0.6 is 0 Å². The zero-order valence-electron chi connectivity index (χ0n) is 10.7. The molecule has 0 aliphatic carbocycles. The lowest BCUT2D eigenvalue weighted by atomic mass is 10.0. The first-order valence-corrected chi connectivity index (χ1v) is 6.50. The first kappa shape index (κ1) is 13.1. The molecule has 0 radical (unpaired) electrons. The van der Waals surface area contributed by atoms with Crippen LogP contribution in [0.1, 0.15) is 51.0 Å². The van der Waals surface area contributed by atoms with Gasteiger partial charge in [-0.15, -0.1) is 0 Å². The summed E-state index contributed by atoms with van der Waals surface area (Å²) in [6.07, 6.45) is 9.25. The summed E-state index contributed by atoms with van der Waals surface area (Å²) in [4.78, 5) is 0. The maximum Gasteiger partial charge on any atom is 0.122 e. The van der Waals surface area contributed by atoms with Crippen LogP contribution in [0.15, 0.2) is 24.3 Å². The molecule has 16 heavy (non-hydrogen) atoms. The quantitative estimate of drug-likeness (QED) is 0.582. The van der Waals surface area contributed by atoms with Gasteiger partial charge in [-0.05, 0) is 24.5 Å². The van der Waals surface area contributed by atoms with Gasteiger partial charge in [-0.25, -0.2) is 0 Å². The third-order valence-corrected chi connectivity index (χ3v) is 2.99. The summed E-state index contributed by atoms with van der Waals surface area (Å²) >= 11 is 0. The Morgan fingerprint density at radius 1 is 0.938 bits per heavy atom. The molecule has 0 N–H and O–H groups in total. The molecule has 0 amide bonds. The second-order valence-electron chi connectivity index (χ2n) is 4.33. The molecule has 0 saturated carbocycles. The molecule has 0 aliphatic heterocycles. The normalized spacial score (nSPS) is 10.4. The van der Waals surface area contributed by atoms with Gasteiger partial charge in [0.25, 0.3) is 0 Å². The highest BCUT2D eigenvalue weighted by molar-refractivity contribution is 5.33. The summed E-state index contributed by atoms with van der Waals surface area (Å²) in [5.41, 5.74) is 1.35. The van der Waals surface area contributed by atoms with Gasteiger partial charge in [0.1, 0.15) is 5.75 Å². The Bertz CT molecular complexity index is 281. The zero-order valence-corrected chi connectivity index (χ0v) is 10.7. The first-order chi connectivity index (χ1) is 7.88. The second kappa shape index (κ2) is 8.20. The Labute approximate surface area is 99.8 Å². The highest BCUT2D eigenvalue weighted by Gasteiger charge is 2.00. The molecule has 0 aliphatic rings. The predicted molar refractivity (Wildman–Crippen MR) is 70.1 cm³/mol. The molecule has 0 bridgehead atoms. The monoisotopic (exact) mass is 220 g/mol. The van der Waals surface area contributed by atoms with Crippen LogP contribution < -0.4 is 4.74 Å². The maximum absolute atomic E-state index is 5.34. The number of ether oxygens (including phenoxy) is 1. The minimum atomic E-state index is 1.04. The largest absolute Gasteiger partial charge is 0.496 e. The molecule has 0 saturated heterocycles. The van der Waals surface area contributed by atoms with Crippen LogP contribution in [0.4, 0.5) is 0 Å². The van der Waals surface area contributed by atoms with Crippen molar-refractivity contribution in [1.29, 1.82) is 0 Å². The highest BCUT2D eigenvalue weighted by atomic mass is 16.5. The molecule has 1 aromatic carbocycles. The Kier molecular flexibility index (Phi) is 6.71. The Morgan fingerprint density at radius 2 is 1.62 bits per heavy atom. The molecule has 0 spiro atoms. The SMILES string of the molecule is CCCCCCCCc1ccccc1OC. The predicted octanol–water partition coefficient (Wildman–Crippen LogP) is 4.60. The number of methoxy groups -OCH3 is 1. The molecule has 0 atom stereocenters. The van der Waals surface area contributed by atoms with Gasteiger partial charge in [0.05, 0.1) is 7.11 Å². The number of hydrogen-bond acceptors (Lipinski definition) is 1. The number of unbranched alkanes of at least 4 members (excludes halogenated alkanes) is 5. The molecule has 0 unspecified atom stereocenters. The van der Waals surface area contributed by atoms with Gasteiger partial charge in [-0.1, -0.05) is 57.2 Å². The van der Waals surface area contributed by atoms with Crippen LogP contribution in [0.25, 0.3) is 0 Å². The molecule has 0 fully saturated rings. The van der Waals surface area contributed by atoms with E-state index in [1.54, 1.807) is 7.11 Å². The second-order valence-corrected chi connectivity index (χ2v) is 4.33. The van der Waals surface area contributed by atoms with Crippen LogP contribution in [0.2, 0.25) is 0 Å². The van der Waals surface area contributed by atoms with Gasteiger partial charge >= 0.3 is 0 Å². The van der Waals surface area contributed by atoms with Crippen molar-refractivity contribution in [3.63, 3.8) is 0 Å². The molecule has 1 rings (SSSR count). The van der Waals surface area contributed by atoms with Crippen molar-refractivity contribution in [2.75, 3.05) is 7.11 Å². The number of para-hydroxylation sites is 1. The van der Waals surface area contributed by atoms with Gasteiger partial charge in [0.15, 0.2) is 0 Å². The topological polar surface area (TPSA) is 9.23 Å². The Morgan fingerprint density at radius 3 is 2.38 bits per heavy atom. The van der Waals surface area contributed by atoms with Gasteiger partial charge in [0, 0.05) is 0 Å². The van der Waals surface area contributed by atoms with Crippen LogP contribution in [-0.2, 0) is 6.42 Å². The van der Waals surface area contributed by atoms with Crippen LogP contribution in [0, 0.1) is 0 Å². The lowest BCUT2D eigenvalue weighted by molar-refractivity contribution is 0.408. The summed E-state index contributed by atoms with van der Waals surface area (Å²) in [7, 11) is 1.75. The summed E-state index contributed by atoms with van der Waals surface area (Å²) < 4.78 is 5.34. The lowest BCUT2D eigenvalue weighted by Gasteiger charge is -2.07. The van der Waals surface area contributed by atoms with Crippen molar-refractivity contribution in [3.05, 3.63) is 29.8 Å². The van der Waals surface area contributed by atoms with Gasteiger partial charge in [-0.2, -0.15) is 0 Å². The van der Waals surface area contributed by atoms with Crippen molar-refractivity contribution in [2.24, 2.45) is 0 Å². The van der Waals surface area contributed by atoms with Crippen LogP contribution in [0.3, 0.4) is 0 Å². The lowest BCUT2D eigenvalue weighted by Crippen LogP contribution is -1.92. The zero-order chi connectivity index (χ0) is 11.6. The van der Waals surface area contributed by atoms with E-state index in [2.05, 4.69) is 19.1 Å². The average molecular weight is 220 g/mol. The first-order valence-electron chi connectivity index (χ1n) is 6.50. The fourth-order valence-electron chi connectivity index (χ4n) is 2.01. The molecule has 1 aromatic rings. The summed E-state index contributed by atoms with van der Waals surface area (Å²) in [5, 5.41) is 0. The average Bonchev–Trinajstić information content (AvgIpc) is 2.34. The molecule has 1 nitrogen and oxygen atoms in total. The van der Waals surface area contributed by atoms with E-state index >= 15 is 0 Å². The van der Waals surface area contributed by atoms with Crippen molar-refractivity contribution in [1.82, 2.24) is 0 Å². The molecule has 90 valence electrons. The fraction of sp³-hybridized carbons (Fsp3) is 0.600.